The summed E-state index contributed by atoms with van der Waals surface area (Å²) in [6.07, 6.45) is 0. The van der Waals surface area contributed by atoms with E-state index in [9.17, 15) is 4.79 Å². The lowest BCUT2D eigenvalue weighted by Gasteiger charge is -1.95. The fourth-order valence-electron chi connectivity index (χ4n) is 0.587. The van der Waals surface area contributed by atoms with Crippen LogP contribution in [0.3, 0.4) is 0 Å². The van der Waals surface area contributed by atoms with Gasteiger partial charge in [-0.3, -0.25) is 0 Å². The summed E-state index contributed by atoms with van der Waals surface area (Å²) in [5.74, 6) is -0.554. The first kappa shape index (κ1) is 9.01. The van der Waals surface area contributed by atoms with Gasteiger partial charge in [0.05, 0.1) is 0 Å². The third-order valence-electron chi connectivity index (χ3n) is 0.986. The Bertz CT molecular complexity index is 275. The summed E-state index contributed by atoms with van der Waals surface area (Å²) >= 11 is 3.87. The van der Waals surface area contributed by atoms with E-state index in [1.807, 2.05) is 0 Å². The first-order valence-electron chi connectivity index (χ1n) is 3.08. The van der Waals surface area contributed by atoms with Gasteiger partial charge in [0, 0.05) is 0 Å². The van der Waals surface area contributed by atoms with E-state index >= 15 is 0 Å². The number of aromatic nitrogens is 3. The molecule has 0 bridgehead atoms. The lowest BCUT2D eigenvalue weighted by molar-refractivity contribution is -0.142. The van der Waals surface area contributed by atoms with Crippen molar-refractivity contribution in [1.29, 1.82) is 0 Å². The van der Waals surface area contributed by atoms with Crippen LogP contribution >= 0.6 is 12.6 Å². The van der Waals surface area contributed by atoms with E-state index in [1.54, 1.807) is 0 Å². The number of thiol groups is 1. The van der Waals surface area contributed by atoms with Crippen LogP contribution in [-0.2, 0) is 16.1 Å². The first-order chi connectivity index (χ1) is 5.68. The number of hydrogen-bond donors (Lipinski definition) is 3. The molecule has 2 N–H and O–H groups in total. The highest BCUT2D eigenvalue weighted by molar-refractivity contribution is 7.80. The molecule has 0 aliphatic heterocycles. The highest BCUT2D eigenvalue weighted by Gasteiger charge is 2.01. The second-order valence-electron chi connectivity index (χ2n) is 1.98. The molecule has 0 aromatic carbocycles. The van der Waals surface area contributed by atoms with Crippen LogP contribution in [0.1, 0.15) is 5.82 Å². The number of nitrogens with zero attached hydrogens (tertiary/aromatic N) is 2. The van der Waals surface area contributed by atoms with Crippen molar-refractivity contribution in [3.8, 4) is 0 Å². The Hall–Kier alpha value is -1.08. The van der Waals surface area contributed by atoms with Crippen molar-refractivity contribution in [2.45, 2.75) is 11.8 Å². The number of H-pyrrole nitrogens is 1. The Morgan fingerprint density at radius 3 is 2.92 bits per heavy atom. The summed E-state index contributed by atoms with van der Waals surface area (Å²) in [4.78, 5) is 12.7. The molecule has 0 atom stereocenters. The van der Waals surface area contributed by atoms with E-state index in [0.29, 0.717) is 11.0 Å². The van der Waals surface area contributed by atoms with Crippen molar-refractivity contribution in [3.05, 3.63) is 5.82 Å². The van der Waals surface area contributed by atoms with Gasteiger partial charge in [0.1, 0.15) is 13.2 Å². The van der Waals surface area contributed by atoms with E-state index in [-0.39, 0.29) is 13.2 Å². The van der Waals surface area contributed by atoms with Gasteiger partial charge in [-0.15, -0.1) is 22.8 Å². The lowest BCUT2D eigenvalue weighted by atomic mass is 10.6. The topological polar surface area (TPSA) is 88.1 Å². The monoisotopic (exact) mass is 189 g/mol. The van der Waals surface area contributed by atoms with Crippen LogP contribution in [0.5, 0.6) is 0 Å². The summed E-state index contributed by atoms with van der Waals surface area (Å²) in [6, 6.07) is 0. The van der Waals surface area contributed by atoms with E-state index in [2.05, 4.69) is 27.8 Å². The third kappa shape index (κ3) is 2.89. The number of nitrogens with one attached hydrogen (secondary N) is 1. The molecule has 7 heteroatoms. The standard InChI is InChI=1S/C5H7N3O3S/c9-4(10)2-11-1-3-6-5(12)8-7-3/h1-2H2,(H,9,10)(H2,6,7,8,12). The number of hydrogen-bond acceptors (Lipinski definition) is 5. The molecule has 0 aliphatic rings. The molecule has 1 aromatic rings. The zero-order valence-electron chi connectivity index (χ0n) is 6.02. The number of aromatic amines is 1. The maximum Gasteiger partial charge on any atom is 0.329 e. The predicted molar refractivity (Wildman–Crippen MR) is 40.9 cm³/mol. The number of aliphatic carboxylic acids is 1. The molecular formula is C5H7N3O3S. The normalized spacial score (nSPS) is 10.1. The molecule has 0 fully saturated rings. The molecule has 1 rings (SSSR count). The van der Waals surface area contributed by atoms with Gasteiger partial charge >= 0.3 is 5.97 Å². The van der Waals surface area contributed by atoms with Crippen molar-refractivity contribution < 1.29 is 14.6 Å². The average molecular weight is 189 g/mol. The molecular weight excluding hydrogens is 182 g/mol. The maximum absolute atomic E-state index is 10.0. The predicted octanol–water partition coefficient (Wildman–Crippen LogP) is -0.305. The van der Waals surface area contributed by atoms with Crippen molar-refractivity contribution in [3.63, 3.8) is 0 Å². The summed E-state index contributed by atoms with van der Waals surface area (Å²) in [7, 11) is 0. The van der Waals surface area contributed by atoms with Gasteiger partial charge in [0.15, 0.2) is 11.0 Å². The van der Waals surface area contributed by atoms with Crippen LogP contribution in [0.15, 0.2) is 5.16 Å². The van der Waals surface area contributed by atoms with Gasteiger partial charge in [-0.05, 0) is 0 Å². The van der Waals surface area contributed by atoms with Crippen LogP contribution in [-0.4, -0.2) is 32.9 Å². The first-order valence-corrected chi connectivity index (χ1v) is 3.53. The maximum atomic E-state index is 10.0. The van der Waals surface area contributed by atoms with Gasteiger partial charge in [0.25, 0.3) is 0 Å². The Morgan fingerprint density at radius 1 is 1.67 bits per heavy atom. The van der Waals surface area contributed by atoms with Crippen LogP contribution in [0.25, 0.3) is 0 Å². The zero-order chi connectivity index (χ0) is 8.97. The molecule has 0 spiro atoms. The summed E-state index contributed by atoms with van der Waals surface area (Å²) in [6.45, 7) is -0.248. The number of carboxylic acid groups (broad SMARTS) is 1. The Labute approximate surface area is 73.4 Å². The molecule has 66 valence electrons. The second kappa shape index (κ2) is 4.07. The molecule has 0 amide bonds. The van der Waals surface area contributed by atoms with Crippen LogP contribution in [0.4, 0.5) is 0 Å². The minimum absolute atomic E-state index is 0.0971. The molecule has 0 saturated heterocycles. The highest BCUT2D eigenvalue weighted by atomic mass is 32.1. The van der Waals surface area contributed by atoms with Crippen LogP contribution in [0.2, 0.25) is 0 Å². The minimum Gasteiger partial charge on any atom is -0.480 e. The number of carbonyl (C=O) groups is 1. The molecule has 1 aromatic heterocycles. The molecule has 6 nitrogen and oxygen atoms in total. The number of ether oxygens (including phenoxy) is 1. The number of rotatable bonds is 4. The molecule has 0 unspecified atom stereocenters. The van der Waals surface area contributed by atoms with Crippen molar-refractivity contribution >= 4 is 18.6 Å². The van der Waals surface area contributed by atoms with E-state index in [0.717, 1.165) is 0 Å². The van der Waals surface area contributed by atoms with Gasteiger partial charge in [-0.25, -0.2) is 4.79 Å². The van der Waals surface area contributed by atoms with Gasteiger partial charge in [-0.1, -0.05) is 0 Å². The molecule has 0 aliphatic carbocycles. The van der Waals surface area contributed by atoms with Crippen molar-refractivity contribution in [2.24, 2.45) is 0 Å². The lowest BCUT2D eigenvalue weighted by Crippen LogP contribution is -2.07. The summed E-state index contributed by atoms with van der Waals surface area (Å²) < 4.78 is 4.73. The van der Waals surface area contributed by atoms with Crippen LogP contribution in [0, 0.1) is 0 Å². The van der Waals surface area contributed by atoms with Crippen molar-refractivity contribution in [2.75, 3.05) is 6.61 Å². The van der Waals surface area contributed by atoms with E-state index < -0.39 is 5.97 Å². The quantitative estimate of drug-likeness (QED) is 0.566. The Morgan fingerprint density at radius 2 is 2.42 bits per heavy atom. The zero-order valence-corrected chi connectivity index (χ0v) is 6.91. The minimum atomic E-state index is -1.01. The van der Waals surface area contributed by atoms with Crippen molar-refractivity contribution in [1.82, 2.24) is 15.2 Å². The van der Waals surface area contributed by atoms with Gasteiger partial charge in [0.2, 0.25) is 0 Å². The smallest absolute Gasteiger partial charge is 0.329 e. The fraction of sp³-hybridized carbons (Fsp3) is 0.400. The van der Waals surface area contributed by atoms with E-state index in [4.69, 9.17) is 9.84 Å². The molecule has 1 heterocycles. The second-order valence-corrected chi connectivity index (χ2v) is 2.41. The average Bonchev–Trinajstić information content (AvgIpc) is 2.35. The highest BCUT2D eigenvalue weighted by Crippen LogP contribution is 1.97. The van der Waals surface area contributed by atoms with Gasteiger partial charge < -0.3 is 14.8 Å². The molecule has 12 heavy (non-hydrogen) atoms. The third-order valence-corrected chi connectivity index (χ3v) is 1.19. The molecule has 0 radical (unpaired) electrons. The largest absolute Gasteiger partial charge is 0.480 e. The Balaban J connectivity index is 2.29. The van der Waals surface area contributed by atoms with Crippen LogP contribution < -0.4 is 0 Å². The fourth-order valence-corrected chi connectivity index (χ4v) is 0.761. The number of carboxylic acids is 1. The summed E-state index contributed by atoms with van der Waals surface area (Å²) in [5, 5.41) is 15.7. The molecule has 0 saturated carbocycles. The van der Waals surface area contributed by atoms with Gasteiger partial charge in [-0.2, -0.15) is 0 Å². The SMILES string of the molecule is O=C(O)COCc1nnc(S)[nH]1. The van der Waals surface area contributed by atoms with E-state index in [1.165, 1.54) is 0 Å². The summed E-state index contributed by atoms with van der Waals surface area (Å²) in [5.41, 5.74) is 0. The Kier molecular flexibility index (Phi) is 3.06.